The van der Waals surface area contributed by atoms with Gasteiger partial charge in [-0.2, -0.15) is 23.4 Å². The van der Waals surface area contributed by atoms with Crippen LogP contribution in [-0.4, -0.2) is 30.8 Å². The molecule has 0 aliphatic carbocycles. The van der Waals surface area contributed by atoms with Crippen LogP contribution in [0.1, 0.15) is 17.1 Å². The Labute approximate surface area is 126 Å². The fraction of sp³-hybridized carbons (Fsp3) is 0.364. The smallest absolute Gasteiger partial charge is 0.321 e. The number of rotatable bonds is 4. The molecule has 0 aromatic carbocycles. The van der Waals surface area contributed by atoms with Gasteiger partial charge in [-0.05, 0) is 13.8 Å². The van der Waals surface area contributed by atoms with Crippen LogP contribution in [0.3, 0.4) is 0 Å². The molecule has 0 saturated carbocycles. The third-order valence-corrected chi connectivity index (χ3v) is 3.05. The molecular weight excluding hydrogens is 321 g/mol. The van der Waals surface area contributed by atoms with E-state index in [1.165, 1.54) is 13.8 Å². The zero-order chi connectivity index (χ0) is 17.4. The van der Waals surface area contributed by atoms with Gasteiger partial charge in [-0.3, -0.25) is 24.7 Å². The Hall–Kier alpha value is -2.92. The summed E-state index contributed by atoms with van der Waals surface area (Å²) in [5.41, 5.74) is -1.86. The number of alkyl halides is 3. The summed E-state index contributed by atoms with van der Waals surface area (Å²) in [5.74, 6) is -0.818. The van der Waals surface area contributed by atoms with Gasteiger partial charge in [-0.15, -0.1) is 0 Å². The van der Waals surface area contributed by atoms with Gasteiger partial charge in [0.1, 0.15) is 18.4 Å². The van der Waals surface area contributed by atoms with Crippen molar-refractivity contribution >= 4 is 17.3 Å². The number of anilines is 1. The molecule has 0 bridgehead atoms. The number of H-pyrrole nitrogens is 1. The minimum absolute atomic E-state index is 0.0360. The van der Waals surface area contributed by atoms with Gasteiger partial charge in [0.05, 0.1) is 16.3 Å². The first-order valence-corrected chi connectivity index (χ1v) is 6.20. The lowest BCUT2D eigenvalue weighted by molar-refractivity contribution is -0.385. The molecule has 23 heavy (non-hydrogen) atoms. The maximum atomic E-state index is 12.8. The van der Waals surface area contributed by atoms with E-state index in [2.05, 4.69) is 20.6 Å². The van der Waals surface area contributed by atoms with Crippen molar-refractivity contribution in [1.82, 2.24) is 20.0 Å². The normalized spacial score (nSPS) is 11.5. The van der Waals surface area contributed by atoms with Gasteiger partial charge in [0.15, 0.2) is 5.69 Å². The van der Waals surface area contributed by atoms with E-state index in [0.717, 1.165) is 10.9 Å². The number of hydrogen-bond donors (Lipinski definition) is 2. The largest absolute Gasteiger partial charge is 0.437 e. The summed E-state index contributed by atoms with van der Waals surface area (Å²) < 4.78 is 39.3. The number of aromatic nitrogens is 4. The topological polar surface area (TPSA) is 119 Å². The Morgan fingerprint density at radius 1 is 1.48 bits per heavy atom. The number of hydrogen-bond acceptors (Lipinski definition) is 5. The molecule has 0 atom stereocenters. The quantitative estimate of drug-likeness (QED) is 0.653. The standard InChI is InChI=1S/C11H11F3N6O3/c1-5-9(10(18-17-5)11(12,13)14)16-8(21)4-19-6(2)7(3-15-19)20(22)23/h3H,4H2,1-2H3,(H,16,21)(H,17,18). The molecule has 0 aliphatic rings. The summed E-state index contributed by atoms with van der Waals surface area (Å²) in [6.07, 6.45) is -3.76. The second-order valence-electron chi connectivity index (χ2n) is 4.65. The zero-order valence-corrected chi connectivity index (χ0v) is 11.9. The number of nitro groups is 1. The number of carbonyl (C=O) groups excluding carboxylic acids is 1. The molecule has 0 spiro atoms. The summed E-state index contributed by atoms with van der Waals surface area (Å²) in [7, 11) is 0. The van der Waals surface area contributed by atoms with Crippen LogP contribution in [0.15, 0.2) is 6.20 Å². The van der Waals surface area contributed by atoms with Crippen molar-refractivity contribution < 1.29 is 22.9 Å². The van der Waals surface area contributed by atoms with Gasteiger partial charge in [0.2, 0.25) is 5.91 Å². The maximum absolute atomic E-state index is 12.8. The average Bonchev–Trinajstić information content (AvgIpc) is 2.94. The molecule has 0 saturated heterocycles. The summed E-state index contributed by atoms with van der Waals surface area (Å²) in [4.78, 5) is 21.9. The highest BCUT2D eigenvalue weighted by Crippen LogP contribution is 2.34. The molecular formula is C11H11F3N6O3. The highest BCUT2D eigenvalue weighted by molar-refractivity contribution is 5.91. The van der Waals surface area contributed by atoms with Gasteiger partial charge in [0, 0.05) is 0 Å². The van der Waals surface area contributed by atoms with Crippen LogP contribution in [0.5, 0.6) is 0 Å². The van der Waals surface area contributed by atoms with Crippen LogP contribution in [0.25, 0.3) is 0 Å². The Morgan fingerprint density at radius 2 is 2.13 bits per heavy atom. The van der Waals surface area contributed by atoms with Crippen molar-refractivity contribution in [2.45, 2.75) is 26.6 Å². The van der Waals surface area contributed by atoms with E-state index in [4.69, 9.17) is 0 Å². The molecule has 2 aromatic rings. The fourth-order valence-corrected chi connectivity index (χ4v) is 1.88. The highest BCUT2D eigenvalue weighted by Gasteiger charge is 2.38. The van der Waals surface area contributed by atoms with Crippen LogP contribution in [0, 0.1) is 24.0 Å². The first-order valence-electron chi connectivity index (χ1n) is 6.20. The van der Waals surface area contributed by atoms with Gasteiger partial charge < -0.3 is 5.32 Å². The predicted molar refractivity (Wildman–Crippen MR) is 70.6 cm³/mol. The van der Waals surface area contributed by atoms with Crippen molar-refractivity contribution in [3.05, 3.63) is 33.4 Å². The van der Waals surface area contributed by atoms with Crippen molar-refractivity contribution in [2.24, 2.45) is 0 Å². The minimum Gasteiger partial charge on any atom is -0.321 e. The molecule has 1 amide bonds. The fourth-order valence-electron chi connectivity index (χ4n) is 1.88. The van der Waals surface area contributed by atoms with Crippen molar-refractivity contribution in [2.75, 3.05) is 5.32 Å². The lowest BCUT2D eigenvalue weighted by Crippen LogP contribution is -2.22. The summed E-state index contributed by atoms with van der Waals surface area (Å²) in [6, 6.07) is 0. The molecule has 12 heteroatoms. The third kappa shape index (κ3) is 3.30. The van der Waals surface area contributed by atoms with Gasteiger partial charge in [0.25, 0.3) is 0 Å². The van der Waals surface area contributed by atoms with E-state index < -0.39 is 34.9 Å². The van der Waals surface area contributed by atoms with Gasteiger partial charge >= 0.3 is 11.9 Å². The number of carbonyl (C=O) groups is 1. The second-order valence-corrected chi connectivity index (χ2v) is 4.65. The SMILES string of the molecule is Cc1[nH]nc(C(F)(F)F)c1NC(=O)Cn1ncc([N+](=O)[O-])c1C. The first-order chi connectivity index (χ1) is 10.6. The van der Waals surface area contributed by atoms with Crippen LogP contribution < -0.4 is 5.32 Å². The summed E-state index contributed by atoms with van der Waals surface area (Å²) in [6.45, 7) is 2.23. The number of aryl methyl sites for hydroxylation is 1. The van der Waals surface area contributed by atoms with E-state index in [9.17, 15) is 28.1 Å². The molecule has 2 heterocycles. The van der Waals surface area contributed by atoms with E-state index in [0.29, 0.717) is 0 Å². The first kappa shape index (κ1) is 16.5. The lowest BCUT2D eigenvalue weighted by atomic mass is 10.3. The van der Waals surface area contributed by atoms with E-state index in [1.54, 1.807) is 0 Å². The molecule has 9 nitrogen and oxygen atoms in total. The Kier molecular flexibility index (Phi) is 4.08. The second kappa shape index (κ2) is 5.70. The van der Waals surface area contributed by atoms with Crippen LogP contribution in [0.2, 0.25) is 0 Å². The van der Waals surface area contributed by atoms with Crippen molar-refractivity contribution in [3.8, 4) is 0 Å². The van der Waals surface area contributed by atoms with Crippen LogP contribution in [0.4, 0.5) is 24.5 Å². The summed E-state index contributed by atoms with van der Waals surface area (Å²) in [5, 5.41) is 21.7. The molecule has 0 fully saturated rings. The molecule has 2 N–H and O–H groups in total. The van der Waals surface area contributed by atoms with Crippen LogP contribution in [-0.2, 0) is 17.5 Å². The molecule has 0 radical (unpaired) electrons. The highest BCUT2D eigenvalue weighted by atomic mass is 19.4. The Bertz CT molecular complexity index is 764. The molecule has 0 aliphatic heterocycles. The monoisotopic (exact) mass is 332 g/mol. The third-order valence-electron chi connectivity index (χ3n) is 3.05. The van der Waals surface area contributed by atoms with E-state index in [-0.39, 0.29) is 17.1 Å². The molecule has 0 unspecified atom stereocenters. The van der Waals surface area contributed by atoms with Crippen LogP contribution >= 0.6 is 0 Å². The van der Waals surface area contributed by atoms with E-state index in [1.807, 2.05) is 0 Å². The average molecular weight is 332 g/mol. The number of halogens is 3. The van der Waals surface area contributed by atoms with Crippen molar-refractivity contribution in [1.29, 1.82) is 0 Å². The Morgan fingerprint density at radius 3 is 2.65 bits per heavy atom. The molecule has 124 valence electrons. The molecule has 2 rings (SSSR count). The summed E-state index contributed by atoms with van der Waals surface area (Å²) >= 11 is 0. The maximum Gasteiger partial charge on any atom is 0.437 e. The zero-order valence-electron chi connectivity index (χ0n) is 11.9. The minimum atomic E-state index is -4.73. The number of aromatic amines is 1. The predicted octanol–water partition coefficient (Wildman–Crippen LogP) is 1.79. The van der Waals surface area contributed by atoms with Gasteiger partial charge in [-0.25, -0.2) is 0 Å². The lowest BCUT2D eigenvalue weighted by Gasteiger charge is -2.09. The Balaban J connectivity index is 2.18. The number of nitrogens with one attached hydrogen (secondary N) is 2. The number of amides is 1. The molecule has 2 aromatic heterocycles. The van der Waals surface area contributed by atoms with Crippen molar-refractivity contribution in [3.63, 3.8) is 0 Å². The van der Waals surface area contributed by atoms with Gasteiger partial charge in [-0.1, -0.05) is 0 Å². The van der Waals surface area contributed by atoms with E-state index >= 15 is 0 Å². The number of nitrogens with zero attached hydrogens (tertiary/aromatic N) is 4.